The molecule has 9 N–H and O–H groups in total. The van der Waals surface area contributed by atoms with E-state index in [0.717, 1.165) is 5.56 Å². The Hall–Kier alpha value is -8.18. The second-order valence-corrected chi connectivity index (χ2v) is 39.7. The highest BCUT2D eigenvalue weighted by Gasteiger charge is 2.59. The van der Waals surface area contributed by atoms with Gasteiger partial charge in [0.05, 0.1) is 75.2 Å². The van der Waals surface area contributed by atoms with Crippen molar-refractivity contribution in [3.63, 3.8) is 0 Å². The number of carbonyl (C=O) groups excluding carboxylic acids is 5. The van der Waals surface area contributed by atoms with Gasteiger partial charge in [-0.05, 0) is 243 Å². The van der Waals surface area contributed by atoms with Crippen LogP contribution in [0.1, 0.15) is 215 Å². The summed E-state index contributed by atoms with van der Waals surface area (Å²) >= 11 is 41.0. The number of hydrogen-bond acceptors (Lipinski definition) is 19. The number of hydrogen-bond donors (Lipinski definition) is 7. The fourth-order valence-corrected chi connectivity index (χ4v) is 21.4. The Morgan fingerprint density at radius 1 is 0.434 bits per heavy atom. The summed E-state index contributed by atoms with van der Waals surface area (Å²) in [6, 6.07) is 44.0. The van der Waals surface area contributed by atoms with E-state index in [1.54, 1.807) is 147 Å². The topological polar surface area (TPSA) is 332 Å². The summed E-state index contributed by atoms with van der Waals surface area (Å²) in [5.74, 6) is -5.74. The molecule has 3 fully saturated rings. The maximum absolute atomic E-state index is 16.7. The van der Waals surface area contributed by atoms with Gasteiger partial charge in [-0.15, -0.1) is 0 Å². The first-order valence-corrected chi connectivity index (χ1v) is 47.9. The molecule has 9 aromatic rings. The first kappa shape index (κ1) is 107. The Balaban J connectivity index is 0.000000176. The Labute approximate surface area is 828 Å². The number of carbonyl (C=O) groups is 5. The normalized spacial score (nSPS) is 20.1. The molecule has 0 bridgehead atoms. The lowest BCUT2D eigenvalue weighted by Gasteiger charge is -2.40. The zero-order valence-corrected chi connectivity index (χ0v) is 83.6. The smallest absolute Gasteiger partial charge is 0.315 e. The quantitative estimate of drug-likeness (QED) is 0.0224. The number of halogens is 10. The highest BCUT2D eigenvalue weighted by atomic mass is 79.9. The maximum atomic E-state index is 16.7. The van der Waals surface area contributed by atoms with E-state index in [1.165, 1.54) is 81.3 Å². The lowest BCUT2D eigenvalue weighted by molar-refractivity contribution is -0.494. The molecule has 0 aromatic heterocycles. The molecule has 9 aromatic carbocycles. The third kappa shape index (κ3) is 20.2. The molecule has 1 unspecified atom stereocenters. The number of carboxylic acids is 1. The van der Waals surface area contributed by atoms with Crippen molar-refractivity contribution in [3.05, 3.63) is 310 Å². The van der Waals surface area contributed by atoms with Crippen molar-refractivity contribution in [2.45, 2.75) is 176 Å². The fraction of sp³-hybridized carbons (Fsp3) is 0.427. The Morgan fingerprint density at radius 2 is 0.699 bits per heavy atom. The summed E-state index contributed by atoms with van der Waals surface area (Å²) in [5, 5.41) is 75.8. The lowest BCUT2D eigenvalue weighted by atomic mass is 9.74. The van der Waals surface area contributed by atoms with Gasteiger partial charge in [-0.2, -0.15) is 0 Å². The minimum atomic E-state index is -1.74. The average molecular weight is 2060 g/mol. The molecule has 6 atom stereocenters. The van der Waals surface area contributed by atoms with E-state index >= 15 is 13.2 Å². The predicted octanol–water partition coefficient (Wildman–Crippen LogP) is 17.2. The largest absolute Gasteiger partial charge is 0.549 e. The number of nitrogens with zero attached hydrogens (tertiary/aromatic N) is 3. The van der Waals surface area contributed by atoms with Crippen LogP contribution in [0, 0.1) is 35.2 Å². The summed E-state index contributed by atoms with van der Waals surface area (Å²) < 4.78 is 90.5. The average Bonchev–Trinajstić information content (AvgIpc) is 1.55. The number of carboxylic acid groups (broad SMARTS) is 1. The third-order valence-electron chi connectivity index (χ3n) is 28.0. The van der Waals surface area contributed by atoms with Crippen molar-refractivity contribution in [1.29, 1.82) is 0 Å². The molecule has 33 heteroatoms. The van der Waals surface area contributed by atoms with Gasteiger partial charge in [-0.25, -0.2) is 13.2 Å². The Bertz CT molecular complexity index is 5860. The molecule has 0 saturated carbocycles. The summed E-state index contributed by atoms with van der Waals surface area (Å²) in [6.07, 6.45) is 4.76. The number of quaternary nitrogens is 1. The number of fused-ring (bicyclic) bond motifs is 3. The molecule has 6 heterocycles. The molecular formula is C103H114BrCl6F3N4O19. The van der Waals surface area contributed by atoms with Gasteiger partial charge in [-0.3, -0.25) is 33.9 Å². The molecular weight excluding hydrogens is 1950 g/mol. The van der Waals surface area contributed by atoms with Gasteiger partial charge < -0.3 is 79.4 Å². The van der Waals surface area contributed by atoms with Crippen LogP contribution in [0.5, 0.6) is 0 Å². The molecule has 3 amide bonds. The number of amides is 3. The molecule has 6 aliphatic heterocycles. The predicted molar refractivity (Wildman–Crippen MR) is 512 cm³/mol. The zero-order valence-electron chi connectivity index (χ0n) is 77.5. The van der Waals surface area contributed by atoms with Crippen LogP contribution in [0.15, 0.2) is 168 Å². The number of ether oxygens (including phenoxy) is 7. The van der Waals surface area contributed by atoms with Gasteiger partial charge in [0.15, 0.2) is 22.7 Å². The van der Waals surface area contributed by atoms with Gasteiger partial charge in [0.25, 0.3) is 17.7 Å². The maximum Gasteiger partial charge on any atom is 0.315 e. The molecule has 0 spiro atoms. The van der Waals surface area contributed by atoms with Gasteiger partial charge in [0.2, 0.25) is 0 Å². The SMILES string of the molecule is CC[C@@](O)(c1cc(F)c2c(c1)C(=O)N(Cc1ccc(Cl)cc1Br)C2(OC)c1ccc(Cl)cc1)C1CCOCC1.CC[C@@](O)(c1cc(F)c2c(c1)C(=O)N(Cc1ccc(Cl)cc1C(C)(C)C(=O)OC)[C@@]2(OC)c1ccc(Cl)cc1)C1CCOCC1.CC[C@@](O)(c1cc(F)c2c(c1)C(=O)N(Cc1ccc(Cl)cc1C(C)(C)C(=O)[O-])[C@@]2(OC)c1ccc(Cl)cc1)C1CCOCC1.[NH3+]C(CO)(CO)CO. The van der Waals surface area contributed by atoms with Gasteiger partial charge in [-0.1, -0.05) is 175 Å². The summed E-state index contributed by atoms with van der Waals surface area (Å²) in [6.45, 7) is 14.0. The van der Waals surface area contributed by atoms with Crippen LogP contribution in [0.25, 0.3) is 0 Å². The van der Waals surface area contributed by atoms with Crippen molar-refractivity contribution in [2.24, 2.45) is 17.8 Å². The van der Waals surface area contributed by atoms with E-state index in [1.807, 2.05) is 26.8 Å². The molecule has 23 nitrogen and oxygen atoms in total. The monoisotopic (exact) mass is 2060 g/mol. The minimum Gasteiger partial charge on any atom is -0.549 e. The van der Waals surface area contributed by atoms with Crippen LogP contribution in [0.4, 0.5) is 13.2 Å². The summed E-state index contributed by atoms with van der Waals surface area (Å²) in [5.41, 5.74) is -3.59. The number of methoxy groups -OCH3 is 4. The Morgan fingerprint density at radius 3 is 0.949 bits per heavy atom. The van der Waals surface area contributed by atoms with Crippen LogP contribution in [0.2, 0.25) is 30.1 Å². The molecule has 730 valence electrons. The molecule has 0 aliphatic carbocycles. The number of aliphatic hydroxyl groups excluding tert-OH is 3. The number of aliphatic hydroxyl groups is 6. The first-order valence-electron chi connectivity index (χ1n) is 44.8. The molecule has 15 rings (SSSR count). The zero-order chi connectivity index (χ0) is 99.3. The third-order valence-corrected chi connectivity index (χ3v) is 30.2. The second-order valence-electron chi connectivity index (χ2n) is 36.2. The van der Waals surface area contributed by atoms with Gasteiger partial charge >= 0.3 is 5.97 Å². The van der Waals surface area contributed by atoms with Crippen LogP contribution >= 0.6 is 85.5 Å². The van der Waals surface area contributed by atoms with Crippen LogP contribution < -0.4 is 10.8 Å². The van der Waals surface area contributed by atoms with E-state index in [-0.39, 0.29) is 90.6 Å². The van der Waals surface area contributed by atoms with Crippen LogP contribution in [-0.2, 0) is 107 Å². The number of aliphatic carboxylic acids is 1. The van der Waals surface area contributed by atoms with Crippen LogP contribution in [-0.4, -0.2) is 168 Å². The van der Waals surface area contributed by atoms with Crippen molar-refractivity contribution < 1.29 is 112 Å². The van der Waals surface area contributed by atoms with Crippen molar-refractivity contribution in [2.75, 3.05) is 87.9 Å². The lowest BCUT2D eigenvalue weighted by Crippen LogP contribution is -2.78. The molecule has 6 aliphatic rings. The Kier molecular flexibility index (Phi) is 34.1. The second kappa shape index (κ2) is 43.5. The standard InChI is InChI=1S/C35H38Cl2FNO6.C34H36Cl2FNO6.C30H29BrCl2FNO4.C4H11NO3/c1-6-34(42,22-13-15-45-16-14-22)24-17-27-30(29(38)18-24)35(44-5,23-8-11-25(36)12-9-23)39(31(27)40)20-21-7-10-26(37)19-28(21)33(2,3)32(41)43-4;1-5-33(42,21-12-14-44-15-13-21)23-16-26-29(28(37)17-23)34(43-4,22-7-10-24(35)11-8-22)38(30(26)39)19-20-6-9-25(36)18-27(20)32(2,3)31(40)41;1-3-29(37,19-10-12-39-13-11-19)21-14-24-27(26(34)15-21)30(38-2,20-5-8-22(32)9-6-20)35(28(24)36)17-18-4-7-23(33)16-25(18)31;5-4(1-6,2-7)3-8/h7-12,17-19,22,42H,6,13-16,20H2,1-5H3;6-11,16-18,21,42H,5,12-15,19H2,1-4H3,(H,40,41);4-9,14-16,19,37H,3,10-13,17H2,1-2H3;6-8H,1-3,5H2/t34-,35+;33-,34+;29-,30?;/m000./s1. The van der Waals surface area contributed by atoms with E-state index in [0.29, 0.717) is 188 Å². The van der Waals surface area contributed by atoms with E-state index < -0.39 is 97.5 Å². The van der Waals surface area contributed by atoms with E-state index in [9.17, 15) is 44.4 Å². The summed E-state index contributed by atoms with van der Waals surface area (Å²) in [4.78, 5) is 72.7. The van der Waals surface area contributed by atoms with Gasteiger partial charge in [0.1, 0.15) is 37.3 Å². The summed E-state index contributed by atoms with van der Waals surface area (Å²) in [7, 11) is 5.57. The van der Waals surface area contributed by atoms with E-state index in [4.69, 9.17) is 118 Å². The van der Waals surface area contributed by atoms with E-state index in [2.05, 4.69) is 21.7 Å². The van der Waals surface area contributed by atoms with Crippen molar-refractivity contribution in [1.82, 2.24) is 14.7 Å². The highest BCUT2D eigenvalue weighted by molar-refractivity contribution is 9.10. The number of esters is 1. The van der Waals surface area contributed by atoms with Crippen LogP contribution in [0.3, 0.4) is 0 Å². The molecule has 136 heavy (non-hydrogen) atoms. The van der Waals surface area contributed by atoms with Crippen molar-refractivity contribution >= 4 is 115 Å². The minimum absolute atomic E-state index is 0.00354. The first-order chi connectivity index (χ1) is 64.5. The molecule has 3 saturated heterocycles. The number of benzene rings is 9. The van der Waals surface area contributed by atoms with Gasteiger partial charge in [0, 0.05) is 131 Å². The number of rotatable bonds is 28. The van der Waals surface area contributed by atoms with Crippen molar-refractivity contribution in [3.8, 4) is 0 Å². The molecule has 0 radical (unpaired) electrons. The fourth-order valence-electron chi connectivity index (χ4n) is 19.9. The highest BCUT2D eigenvalue weighted by Crippen LogP contribution is 2.56.